The molecule has 1 rings (SSSR count). The van der Waals surface area contributed by atoms with Crippen LogP contribution < -0.4 is 4.52 Å². The van der Waals surface area contributed by atoms with Gasteiger partial charge in [0.05, 0.1) is 15.1 Å². The van der Waals surface area contributed by atoms with Gasteiger partial charge in [-0.2, -0.15) is 0 Å². The largest absolute Gasteiger partial charge is 0.442 e. The minimum absolute atomic E-state index is 0.370. The third kappa shape index (κ3) is 3.49. The summed E-state index contributed by atoms with van der Waals surface area (Å²) in [4.78, 5) is 0. The van der Waals surface area contributed by atoms with Gasteiger partial charge in [0, 0.05) is 19.3 Å². The molecular weight excluding hydrogens is 309 g/mol. The van der Waals surface area contributed by atoms with Crippen molar-refractivity contribution in [1.29, 1.82) is 0 Å². The van der Waals surface area contributed by atoms with Gasteiger partial charge < -0.3 is 9.05 Å². The minimum atomic E-state index is -2.32. The highest BCUT2D eigenvalue weighted by Gasteiger charge is 2.18. The van der Waals surface area contributed by atoms with Gasteiger partial charge in [0.25, 0.3) is 0 Å². The molecule has 0 fully saturated rings. The Morgan fingerprint density at radius 2 is 1.75 bits per heavy atom. The van der Waals surface area contributed by atoms with Crippen molar-refractivity contribution in [2.45, 2.75) is 6.92 Å². The quantitative estimate of drug-likeness (QED) is 0.574. The lowest BCUT2D eigenvalue weighted by molar-refractivity contribution is 0.393. The van der Waals surface area contributed by atoms with Crippen LogP contribution in [0.1, 0.15) is 6.92 Å². The van der Waals surface area contributed by atoms with Crippen LogP contribution in [0.3, 0.4) is 0 Å². The lowest BCUT2D eigenvalue weighted by Crippen LogP contribution is -1.98. The van der Waals surface area contributed by atoms with Crippen LogP contribution in [-0.2, 0) is 16.3 Å². The van der Waals surface area contributed by atoms with Crippen molar-refractivity contribution in [2.75, 3.05) is 13.3 Å². The summed E-state index contributed by atoms with van der Waals surface area (Å²) in [6, 6.07) is 3.06. The van der Waals surface area contributed by atoms with Crippen molar-refractivity contribution in [2.24, 2.45) is 0 Å². The smallest absolute Gasteiger partial charge is 0.237 e. The molecule has 0 heterocycles. The Morgan fingerprint density at radius 3 is 2.25 bits per heavy atom. The summed E-state index contributed by atoms with van der Waals surface area (Å²) >= 11 is 22.9. The van der Waals surface area contributed by atoms with Crippen molar-refractivity contribution >= 4 is 53.1 Å². The summed E-state index contributed by atoms with van der Waals surface area (Å²) in [6.45, 7) is -0.419. The summed E-state index contributed by atoms with van der Waals surface area (Å²) in [7, 11) is 1.52. The van der Waals surface area contributed by atoms with Crippen LogP contribution in [0, 0.1) is 0 Å². The molecule has 0 amide bonds. The van der Waals surface area contributed by atoms with Gasteiger partial charge in [-0.1, -0.05) is 41.7 Å². The average Bonchev–Trinajstić information content (AvgIpc) is 2.25. The van der Waals surface area contributed by atoms with Crippen molar-refractivity contribution in [1.82, 2.24) is 0 Å². The molecule has 0 N–H and O–H groups in total. The fraction of sp³-hybridized carbons (Fsp3) is 0.333. The first-order valence-electron chi connectivity index (χ1n) is 4.41. The van der Waals surface area contributed by atoms with E-state index in [2.05, 4.69) is 0 Å². The van der Waals surface area contributed by atoms with Gasteiger partial charge in [-0.3, -0.25) is 0 Å². The van der Waals surface area contributed by atoms with E-state index >= 15 is 0 Å². The molecule has 2 nitrogen and oxygen atoms in total. The van der Waals surface area contributed by atoms with Crippen LogP contribution in [0.5, 0.6) is 5.75 Å². The van der Waals surface area contributed by atoms with E-state index in [0.29, 0.717) is 27.0 Å². The summed E-state index contributed by atoms with van der Waals surface area (Å²) in [5.41, 5.74) is 0. The molecule has 0 spiro atoms. The molecule has 0 saturated heterocycles. The minimum Gasteiger partial charge on any atom is -0.442 e. The maximum Gasteiger partial charge on any atom is 0.237 e. The second kappa shape index (κ2) is 5.90. The average molecular weight is 320 g/mol. The summed E-state index contributed by atoms with van der Waals surface area (Å²) in [6.07, 6.45) is 0.607. The molecule has 1 aromatic carbocycles. The Bertz CT molecular complexity index is 431. The van der Waals surface area contributed by atoms with Gasteiger partial charge in [0.1, 0.15) is 5.75 Å². The second-order valence-corrected chi connectivity index (χ2v) is 8.19. The van der Waals surface area contributed by atoms with Crippen molar-refractivity contribution in [3.63, 3.8) is 0 Å². The summed E-state index contributed by atoms with van der Waals surface area (Å²) < 4.78 is 10.8. The molecule has 1 unspecified atom stereocenters. The zero-order chi connectivity index (χ0) is 12.3. The van der Waals surface area contributed by atoms with Crippen molar-refractivity contribution in [3.05, 3.63) is 27.2 Å². The Kier molecular flexibility index (Phi) is 5.37. The Morgan fingerprint density at radius 1 is 1.19 bits per heavy atom. The number of hydrogen-bond donors (Lipinski definition) is 0. The maximum absolute atomic E-state index is 5.97. The molecule has 0 radical (unpaired) electrons. The molecule has 7 heteroatoms. The summed E-state index contributed by atoms with van der Waals surface area (Å²) in [5, 5.41) is 1.12. The number of benzene rings is 1. The van der Waals surface area contributed by atoms with Crippen molar-refractivity contribution < 1.29 is 9.05 Å². The van der Waals surface area contributed by atoms with E-state index in [0.717, 1.165) is 0 Å². The number of rotatable bonds is 4. The molecule has 0 aromatic heterocycles. The van der Waals surface area contributed by atoms with Crippen LogP contribution in [0.2, 0.25) is 15.1 Å². The number of hydrogen-bond acceptors (Lipinski definition) is 3. The van der Waals surface area contributed by atoms with E-state index in [4.69, 9.17) is 55.7 Å². The van der Waals surface area contributed by atoms with Gasteiger partial charge in [0.2, 0.25) is 6.49 Å². The third-order valence-electron chi connectivity index (χ3n) is 1.88. The standard InChI is InChI=1S/C9H10Cl3O2PS/c1-3-15(16,13-2)14-9-5-7(11)6(10)4-8(9)12/h4-5H,3H2,1-2H3. The molecule has 0 bridgehead atoms. The maximum atomic E-state index is 5.97. The molecule has 1 atom stereocenters. The molecule has 0 saturated carbocycles. The molecule has 16 heavy (non-hydrogen) atoms. The highest BCUT2D eigenvalue weighted by Crippen LogP contribution is 2.50. The van der Waals surface area contributed by atoms with E-state index in [1.165, 1.54) is 13.2 Å². The Hall–Kier alpha value is 0.500. The van der Waals surface area contributed by atoms with Gasteiger partial charge >= 0.3 is 0 Å². The van der Waals surface area contributed by atoms with Gasteiger partial charge in [-0.05, 0) is 17.9 Å². The highest BCUT2D eigenvalue weighted by molar-refractivity contribution is 8.10. The fourth-order valence-corrected chi connectivity index (χ4v) is 2.74. The first-order valence-corrected chi connectivity index (χ1v) is 8.36. The lowest BCUT2D eigenvalue weighted by Gasteiger charge is -2.20. The predicted octanol–water partition coefficient (Wildman–Crippen LogP) is 5.00. The van der Waals surface area contributed by atoms with E-state index in [9.17, 15) is 0 Å². The van der Waals surface area contributed by atoms with E-state index in [-0.39, 0.29) is 0 Å². The van der Waals surface area contributed by atoms with Crippen LogP contribution in [0.25, 0.3) is 0 Å². The van der Waals surface area contributed by atoms with E-state index < -0.39 is 6.49 Å². The third-order valence-corrected chi connectivity index (χ3v) is 6.15. The van der Waals surface area contributed by atoms with Crippen LogP contribution in [-0.4, -0.2) is 13.3 Å². The van der Waals surface area contributed by atoms with E-state index in [1.807, 2.05) is 6.92 Å². The van der Waals surface area contributed by atoms with Crippen LogP contribution >= 0.6 is 41.3 Å². The van der Waals surface area contributed by atoms with Crippen molar-refractivity contribution in [3.8, 4) is 5.75 Å². The van der Waals surface area contributed by atoms with Gasteiger partial charge in [0.15, 0.2) is 0 Å². The van der Waals surface area contributed by atoms with Crippen LogP contribution in [0.4, 0.5) is 0 Å². The molecule has 0 aliphatic rings. The lowest BCUT2D eigenvalue weighted by atomic mass is 10.3. The van der Waals surface area contributed by atoms with Gasteiger partial charge in [-0.25, -0.2) is 0 Å². The monoisotopic (exact) mass is 318 g/mol. The van der Waals surface area contributed by atoms with Crippen LogP contribution in [0.15, 0.2) is 12.1 Å². The zero-order valence-corrected chi connectivity index (χ0v) is 12.6. The Balaban J connectivity index is 3.06. The molecular formula is C9H10Cl3O2PS. The first-order chi connectivity index (χ1) is 7.41. The zero-order valence-electron chi connectivity index (χ0n) is 8.67. The normalized spacial score (nSPS) is 14.6. The second-order valence-electron chi connectivity index (χ2n) is 2.90. The molecule has 0 aliphatic heterocycles. The Labute approximate surface area is 115 Å². The summed E-state index contributed by atoms with van der Waals surface area (Å²) in [5.74, 6) is 0.406. The van der Waals surface area contributed by atoms with E-state index in [1.54, 1.807) is 6.07 Å². The molecule has 0 aliphatic carbocycles. The molecule has 90 valence electrons. The first kappa shape index (κ1) is 14.6. The predicted molar refractivity (Wildman–Crippen MR) is 73.9 cm³/mol. The SMILES string of the molecule is CCP(=S)(OC)Oc1cc(Cl)c(Cl)cc1Cl. The van der Waals surface area contributed by atoms with Gasteiger partial charge in [-0.15, -0.1) is 0 Å². The number of halogens is 3. The topological polar surface area (TPSA) is 18.5 Å². The fourth-order valence-electron chi connectivity index (χ4n) is 0.955. The highest BCUT2D eigenvalue weighted by atomic mass is 35.5. The molecule has 1 aromatic rings.